The van der Waals surface area contributed by atoms with E-state index in [9.17, 15) is 9.18 Å². The molecule has 1 aliphatic rings. The molecule has 0 heterocycles. The van der Waals surface area contributed by atoms with Crippen LogP contribution in [0.5, 0.6) is 0 Å². The molecule has 0 fully saturated rings. The van der Waals surface area contributed by atoms with Crippen LogP contribution in [0, 0.1) is 12.7 Å². The van der Waals surface area contributed by atoms with E-state index in [0.717, 1.165) is 35.1 Å². The number of carbonyl (C=O) groups is 1. The molecule has 23 heavy (non-hydrogen) atoms. The van der Waals surface area contributed by atoms with Crippen LogP contribution < -0.4 is 0 Å². The highest BCUT2D eigenvalue weighted by atomic mass is 19.1. The van der Waals surface area contributed by atoms with Crippen molar-refractivity contribution < 1.29 is 13.9 Å². The van der Waals surface area contributed by atoms with Gasteiger partial charge >= 0.3 is 5.97 Å². The van der Waals surface area contributed by atoms with Gasteiger partial charge < -0.3 is 4.74 Å². The van der Waals surface area contributed by atoms with E-state index >= 15 is 0 Å². The summed E-state index contributed by atoms with van der Waals surface area (Å²) in [6, 6.07) is 10.5. The molecule has 3 heteroatoms. The van der Waals surface area contributed by atoms with Gasteiger partial charge in [-0.3, -0.25) is 0 Å². The van der Waals surface area contributed by atoms with Crippen LogP contribution in [0.25, 0.3) is 5.57 Å². The number of halogens is 1. The maximum atomic E-state index is 13.4. The lowest BCUT2D eigenvalue weighted by atomic mass is 9.81. The lowest BCUT2D eigenvalue weighted by molar-refractivity contribution is 0.0600. The second-order valence-electron chi connectivity index (χ2n) is 5.98. The Morgan fingerprint density at radius 2 is 1.83 bits per heavy atom. The van der Waals surface area contributed by atoms with E-state index < -0.39 is 0 Å². The number of hydrogen-bond donors (Lipinski definition) is 0. The highest BCUT2D eigenvalue weighted by molar-refractivity contribution is 5.93. The Labute approximate surface area is 135 Å². The van der Waals surface area contributed by atoms with E-state index in [1.807, 2.05) is 25.1 Å². The van der Waals surface area contributed by atoms with Crippen molar-refractivity contribution in [2.45, 2.75) is 26.7 Å². The molecular weight excluding hydrogens is 291 g/mol. The molecule has 0 atom stereocenters. The number of allylic oxidation sites excluding steroid dienone is 1. The first kappa shape index (κ1) is 15.5. The Balaban J connectivity index is 2.20. The Morgan fingerprint density at radius 1 is 1.04 bits per heavy atom. The first-order valence-corrected chi connectivity index (χ1v) is 7.69. The third kappa shape index (κ3) is 2.79. The molecule has 118 valence electrons. The van der Waals surface area contributed by atoms with Gasteiger partial charge in [0.15, 0.2) is 0 Å². The summed E-state index contributed by atoms with van der Waals surface area (Å²) in [5, 5.41) is 0. The zero-order chi connectivity index (χ0) is 16.6. The summed E-state index contributed by atoms with van der Waals surface area (Å²) >= 11 is 0. The van der Waals surface area contributed by atoms with Gasteiger partial charge in [-0.25, -0.2) is 9.18 Å². The number of rotatable bonds is 2. The van der Waals surface area contributed by atoms with Crippen molar-refractivity contribution in [1.82, 2.24) is 0 Å². The quantitative estimate of drug-likeness (QED) is 0.752. The number of benzene rings is 2. The van der Waals surface area contributed by atoms with Gasteiger partial charge in [-0.05, 0) is 78.8 Å². The van der Waals surface area contributed by atoms with E-state index in [0.29, 0.717) is 5.56 Å². The monoisotopic (exact) mass is 310 g/mol. The number of esters is 1. The minimum atomic E-state index is -0.341. The van der Waals surface area contributed by atoms with E-state index in [4.69, 9.17) is 4.74 Å². The Morgan fingerprint density at radius 3 is 2.52 bits per heavy atom. The molecule has 0 radical (unpaired) electrons. The number of hydrogen-bond acceptors (Lipinski definition) is 2. The molecule has 0 saturated carbocycles. The van der Waals surface area contributed by atoms with Crippen molar-refractivity contribution in [3.63, 3.8) is 0 Å². The lowest BCUT2D eigenvalue weighted by Crippen LogP contribution is -2.09. The van der Waals surface area contributed by atoms with Crippen LogP contribution in [0.3, 0.4) is 0 Å². The second-order valence-corrected chi connectivity index (χ2v) is 5.98. The maximum absolute atomic E-state index is 13.4. The standard InChI is InChI=1S/C20H19FO2/c1-12-4-5-14-6-7-15(20(22)23-3)11-18(14)19(12)17-9-8-16(21)10-13(17)2/h6-11H,4-5H2,1-3H3. The number of carbonyl (C=O) groups excluding carboxylic acids is 1. The van der Waals surface area contributed by atoms with Gasteiger partial charge in [-0.1, -0.05) is 17.7 Å². The third-order valence-electron chi connectivity index (χ3n) is 4.45. The smallest absolute Gasteiger partial charge is 0.337 e. The number of fused-ring (bicyclic) bond motifs is 1. The first-order chi connectivity index (χ1) is 11.0. The second kappa shape index (κ2) is 5.99. The molecule has 2 nitrogen and oxygen atoms in total. The van der Waals surface area contributed by atoms with Crippen LogP contribution in [0.15, 0.2) is 42.0 Å². The van der Waals surface area contributed by atoms with Gasteiger partial charge in [0.05, 0.1) is 12.7 Å². The fourth-order valence-corrected chi connectivity index (χ4v) is 3.23. The number of ether oxygens (including phenoxy) is 1. The Hall–Kier alpha value is -2.42. The van der Waals surface area contributed by atoms with Crippen LogP contribution >= 0.6 is 0 Å². The van der Waals surface area contributed by atoms with Crippen molar-refractivity contribution in [3.05, 3.63) is 75.6 Å². The van der Waals surface area contributed by atoms with Gasteiger partial charge in [-0.15, -0.1) is 0 Å². The van der Waals surface area contributed by atoms with E-state index in [2.05, 4.69) is 6.92 Å². The third-order valence-corrected chi connectivity index (χ3v) is 4.45. The predicted octanol–water partition coefficient (Wildman–Crippen LogP) is 4.69. The maximum Gasteiger partial charge on any atom is 0.337 e. The van der Waals surface area contributed by atoms with Crippen molar-refractivity contribution in [2.75, 3.05) is 7.11 Å². The summed E-state index contributed by atoms with van der Waals surface area (Å²) in [6.45, 7) is 4.02. The van der Waals surface area contributed by atoms with E-state index in [-0.39, 0.29) is 11.8 Å². The summed E-state index contributed by atoms with van der Waals surface area (Å²) in [7, 11) is 1.38. The van der Waals surface area contributed by atoms with Crippen molar-refractivity contribution in [3.8, 4) is 0 Å². The molecule has 0 amide bonds. The summed E-state index contributed by atoms with van der Waals surface area (Å²) < 4.78 is 18.3. The molecule has 0 bridgehead atoms. The van der Waals surface area contributed by atoms with Crippen LogP contribution in [0.2, 0.25) is 0 Å². The van der Waals surface area contributed by atoms with E-state index in [1.165, 1.54) is 24.3 Å². The van der Waals surface area contributed by atoms with Crippen LogP contribution in [-0.4, -0.2) is 13.1 Å². The van der Waals surface area contributed by atoms with Gasteiger partial charge in [0, 0.05) is 0 Å². The zero-order valence-corrected chi connectivity index (χ0v) is 13.6. The molecular formula is C20H19FO2. The molecule has 3 rings (SSSR count). The fourth-order valence-electron chi connectivity index (χ4n) is 3.23. The average Bonchev–Trinajstić information content (AvgIpc) is 2.54. The van der Waals surface area contributed by atoms with Crippen LogP contribution in [0.1, 0.15) is 46.0 Å². The van der Waals surface area contributed by atoms with Gasteiger partial charge in [0.25, 0.3) is 0 Å². The molecule has 0 N–H and O–H groups in total. The molecule has 2 aromatic carbocycles. The van der Waals surface area contributed by atoms with E-state index in [1.54, 1.807) is 12.1 Å². The van der Waals surface area contributed by atoms with Crippen molar-refractivity contribution in [2.24, 2.45) is 0 Å². The molecule has 2 aromatic rings. The minimum absolute atomic E-state index is 0.233. The van der Waals surface area contributed by atoms with Gasteiger partial charge in [0.1, 0.15) is 5.82 Å². The zero-order valence-electron chi connectivity index (χ0n) is 13.6. The summed E-state index contributed by atoms with van der Waals surface area (Å²) in [5.41, 5.74) is 7.08. The molecule has 0 aliphatic heterocycles. The summed E-state index contributed by atoms with van der Waals surface area (Å²) in [5.74, 6) is -0.574. The Kier molecular flexibility index (Phi) is 4.03. The fraction of sp³-hybridized carbons (Fsp3) is 0.250. The van der Waals surface area contributed by atoms with Gasteiger partial charge in [-0.2, -0.15) is 0 Å². The molecule has 0 aromatic heterocycles. The Bertz CT molecular complexity index is 818. The van der Waals surface area contributed by atoms with Crippen molar-refractivity contribution in [1.29, 1.82) is 0 Å². The number of methoxy groups -OCH3 is 1. The van der Waals surface area contributed by atoms with Crippen LogP contribution in [-0.2, 0) is 11.2 Å². The predicted molar refractivity (Wildman–Crippen MR) is 88.9 cm³/mol. The van der Waals surface area contributed by atoms with Gasteiger partial charge in [0.2, 0.25) is 0 Å². The van der Waals surface area contributed by atoms with Crippen molar-refractivity contribution >= 4 is 11.5 Å². The summed E-state index contributed by atoms with van der Waals surface area (Å²) in [4.78, 5) is 11.8. The SMILES string of the molecule is COC(=O)c1ccc2c(c1)C(c1ccc(F)cc1C)=C(C)CC2. The largest absolute Gasteiger partial charge is 0.465 e. The normalized spacial score (nSPS) is 13.7. The number of aryl methyl sites for hydroxylation is 2. The van der Waals surface area contributed by atoms with Crippen LogP contribution in [0.4, 0.5) is 4.39 Å². The highest BCUT2D eigenvalue weighted by Gasteiger charge is 2.21. The molecule has 0 unspecified atom stereocenters. The first-order valence-electron chi connectivity index (χ1n) is 7.69. The molecule has 0 spiro atoms. The summed E-state index contributed by atoms with van der Waals surface area (Å²) in [6.07, 6.45) is 1.92. The topological polar surface area (TPSA) is 26.3 Å². The molecule has 0 saturated heterocycles. The highest BCUT2D eigenvalue weighted by Crippen LogP contribution is 2.37. The minimum Gasteiger partial charge on any atom is -0.465 e. The lowest BCUT2D eigenvalue weighted by Gasteiger charge is -2.24. The molecule has 1 aliphatic carbocycles. The average molecular weight is 310 g/mol.